The number of nitrogens with two attached hydrogens (primary N) is 1. The predicted octanol–water partition coefficient (Wildman–Crippen LogP) is 3.05. The van der Waals surface area contributed by atoms with E-state index in [1.54, 1.807) is 0 Å². The summed E-state index contributed by atoms with van der Waals surface area (Å²) in [4.78, 5) is 6.54. The van der Waals surface area contributed by atoms with E-state index in [0.717, 1.165) is 17.9 Å². The first kappa shape index (κ1) is 19.9. The first-order valence-electron chi connectivity index (χ1n) is 8.07. The maximum atomic E-state index is 5.99. The molecule has 0 bridgehead atoms. The summed E-state index contributed by atoms with van der Waals surface area (Å²) >= 11 is 0. The summed E-state index contributed by atoms with van der Waals surface area (Å²) < 4.78 is 11.2. The minimum absolute atomic E-state index is 0. The Morgan fingerprint density at radius 1 is 1.22 bits per heavy atom. The van der Waals surface area contributed by atoms with E-state index in [1.165, 1.54) is 18.4 Å². The summed E-state index contributed by atoms with van der Waals surface area (Å²) in [6, 6.07) is 6.65. The van der Waals surface area contributed by atoms with E-state index in [2.05, 4.69) is 16.0 Å². The Kier molecular flexibility index (Phi) is 8.51. The van der Waals surface area contributed by atoms with Gasteiger partial charge in [-0.25, -0.2) is 0 Å². The Morgan fingerprint density at radius 3 is 2.48 bits per heavy atom. The molecule has 0 aromatic heterocycles. The molecule has 2 N–H and O–H groups in total. The second kappa shape index (κ2) is 9.85. The summed E-state index contributed by atoms with van der Waals surface area (Å²) in [5, 5.41) is 0. The maximum absolute atomic E-state index is 5.99. The lowest BCUT2D eigenvalue weighted by atomic mass is 10.1. The van der Waals surface area contributed by atoms with Gasteiger partial charge in [0.05, 0.1) is 13.2 Å². The number of ether oxygens (including phenoxy) is 2. The topological polar surface area (TPSA) is 60.1 Å². The molecule has 0 saturated heterocycles. The lowest BCUT2D eigenvalue weighted by Gasteiger charge is -2.17. The molecule has 6 heteroatoms. The van der Waals surface area contributed by atoms with Gasteiger partial charge in [-0.15, -0.1) is 24.0 Å². The Bertz CT molecular complexity index is 519. The van der Waals surface area contributed by atoms with Gasteiger partial charge in [0.2, 0.25) is 0 Å². The largest absolute Gasteiger partial charge is 0.490 e. The summed E-state index contributed by atoms with van der Waals surface area (Å²) in [5.74, 6) is 2.23. The van der Waals surface area contributed by atoms with Crippen LogP contribution in [0.3, 0.4) is 0 Å². The van der Waals surface area contributed by atoms with Crippen molar-refractivity contribution >= 4 is 29.9 Å². The number of aliphatic imine (C=N–C) groups is 1. The van der Waals surface area contributed by atoms with Crippen LogP contribution >= 0.6 is 24.0 Å². The highest BCUT2D eigenvalue weighted by Crippen LogP contribution is 2.28. The van der Waals surface area contributed by atoms with Gasteiger partial charge >= 0.3 is 0 Å². The molecule has 1 fully saturated rings. The van der Waals surface area contributed by atoms with E-state index in [0.29, 0.717) is 31.8 Å². The number of rotatable bonds is 8. The van der Waals surface area contributed by atoms with Gasteiger partial charge in [0, 0.05) is 19.6 Å². The minimum Gasteiger partial charge on any atom is -0.490 e. The van der Waals surface area contributed by atoms with Crippen LogP contribution in [0.1, 0.15) is 32.3 Å². The lowest BCUT2D eigenvalue weighted by Crippen LogP contribution is -2.35. The van der Waals surface area contributed by atoms with Crippen LogP contribution in [0, 0.1) is 0 Å². The SMILES string of the molecule is CCOc1ccc(CCN=C(N)N(C)C2CC2)cc1OCC.I. The monoisotopic (exact) mass is 433 g/mol. The van der Waals surface area contributed by atoms with Crippen LogP contribution < -0.4 is 15.2 Å². The molecule has 1 saturated carbocycles. The van der Waals surface area contributed by atoms with Crippen LogP contribution in [0.4, 0.5) is 0 Å². The number of hydrogen-bond donors (Lipinski definition) is 1. The molecule has 1 aliphatic rings. The standard InChI is InChI=1S/C17H27N3O2.HI/c1-4-21-15-9-6-13(12-16(15)22-5-2)10-11-19-17(18)20(3)14-7-8-14;/h6,9,12,14H,4-5,7-8,10-11H2,1-3H3,(H2,18,19);1H. The molecule has 0 amide bonds. The normalized spacial score (nSPS) is 14.1. The molecular formula is C17H28IN3O2. The number of halogens is 1. The molecule has 1 aromatic carbocycles. The molecule has 1 aromatic rings. The molecule has 0 radical (unpaired) electrons. The zero-order valence-corrected chi connectivity index (χ0v) is 16.6. The van der Waals surface area contributed by atoms with Crippen molar-refractivity contribution in [3.8, 4) is 11.5 Å². The van der Waals surface area contributed by atoms with Gasteiger partial charge < -0.3 is 20.1 Å². The molecule has 2 rings (SSSR count). The minimum atomic E-state index is 0. The van der Waals surface area contributed by atoms with E-state index in [-0.39, 0.29) is 24.0 Å². The molecule has 130 valence electrons. The number of benzene rings is 1. The van der Waals surface area contributed by atoms with Crippen molar-refractivity contribution in [2.75, 3.05) is 26.8 Å². The van der Waals surface area contributed by atoms with Crippen LogP contribution in [-0.2, 0) is 6.42 Å². The molecular weight excluding hydrogens is 405 g/mol. The van der Waals surface area contributed by atoms with Crippen molar-refractivity contribution in [1.29, 1.82) is 0 Å². The van der Waals surface area contributed by atoms with E-state index in [9.17, 15) is 0 Å². The fourth-order valence-corrected chi connectivity index (χ4v) is 2.31. The molecule has 1 aliphatic carbocycles. The van der Waals surface area contributed by atoms with Gasteiger partial charge in [0.15, 0.2) is 17.5 Å². The van der Waals surface area contributed by atoms with Crippen LogP contribution in [-0.4, -0.2) is 43.7 Å². The van der Waals surface area contributed by atoms with Gasteiger partial charge in [-0.2, -0.15) is 0 Å². The highest BCUT2D eigenvalue weighted by Gasteiger charge is 2.27. The summed E-state index contributed by atoms with van der Waals surface area (Å²) in [7, 11) is 2.01. The Labute approximate surface area is 156 Å². The Hall–Kier alpha value is -1.18. The first-order valence-corrected chi connectivity index (χ1v) is 8.07. The molecule has 0 aliphatic heterocycles. The summed E-state index contributed by atoms with van der Waals surface area (Å²) in [6.07, 6.45) is 3.29. The van der Waals surface area contributed by atoms with E-state index < -0.39 is 0 Å². The third-order valence-electron chi connectivity index (χ3n) is 3.74. The predicted molar refractivity (Wildman–Crippen MR) is 105 cm³/mol. The van der Waals surface area contributed by atoms with Crippen molar-refractivity contribution in [3.05, 3.63) is 23.8 Å². The third kappa shape index (κ3) is 6.08. The lowest BCUT2D eigenvalue weighted by molar-refractivity contribution is 0.287. The van der Waals surface area contributed by atoms with E-state index in [1.807, 2.05) is 33.0 Å². The Balaban J connectivity index is 0.00000264. The van der Waals surface area contributed by atoms with Gasteiger partial charge in [-0.3, -0.25) is 4.99 Å². The van der Waals surface area contributed by atoms with E-state index in [4.69, 9.17) is 15.2 Å². The number of hydrogen-bond acceptors (Lipinski definition) is 3. The molecule has 0 unspecified atom stereocenters. The summed E-state index contributed by atoms with van der Waals surface area (Å²) in [6.45, 7) is 5.88. The molecule has 0 atom stereocenters. The van der Waals surface area contributed by atoms with Crippen LogP contribution in [0.25, 0.3) is 0 Å². The van der Waals surface area contributed by atoms with Crippen molar-refractivity contribution in [3.63, 3.8) is 0 Å². The average molecular weight is 433 g/mol. The van der Waals surface area contributed by atoms with Crippen molar-refractivity contribution < 1.29 is 9.47 Å². The zero-order valence-electron chi connectivity index (χ0n) is 14.2. The molecule has 0 spiro atoms. The highest BCUT2D eigenvalue weighted by molar-refractivity contribution is 14.0. The average Bonchev–Trinajstić information content (AvgIpc) is 3.34. The molecule has 0 heterocycles. The van der Waals surface area contributed by atoms with E-state index >= 15 is 0 Å². The van der Waals surface area contributed by atoms with Gasteiger partial charge in [0.25, 0.3) is 0 Å². The van der Waals surface area contributed by atoms with Gasteiger partial charge in [0.1, 0.15) is 0 Å². The van der Waals surface area contributed by atoms with Gasteiger partial charge in [-0.1, -0.05) is 6.07 Å². The third-order valence-corrected chi connectivity index (χ3v) is 3.74. The maximum Gasteiger partial charge on any atom is 0.191 e. The molecule has 23 heavy (non-hydrogen) atoms. The van der Waals surface area contributed by atoms with Crippen molar-refractivity contribution in [1.82, 2.24) is 4.90 Å². The second-order valence-corrected chi connectivity index (χ2v) is 5.48. The van der Waals surface area contributed by atoms with Crippen LogP contribution in [0.2, 0.25) is 0 Å². The Morgan fingerprint density at radius 2 is 1.87 bits per heavy atom. The number of guanidine groups is 1. The number of nitrogens with zero attached hydrogens (tertiary/aromatic N) is 2. The fraction of sp³-hybridized carbons (Fsp3) is 0.588. The van der Waals surface area contributed by atoms with Crippen molar-refractivity contribution in [2.45, 2.75) is 39.2 Å². The van der Waals surface area contributed by atoms with Gasteiger partial charge in [-0.05, 0) is 50.8 Å². The second-order valence-electron chi connectivity index (χ2n) is 5.48. The first-order chi connectivity index (χ1) is 10.7. The quantitative estimate of drug-likeness (QED) is 0.389. The smallest absolute Gasteiger partial charge is 0.191 e. The summed E-state index contributed by atoms with van der Waals surface area (Å²) in [5.41, 5.74) is 7.17. The highest BCUT2D eigenvalue weighted by atomic mass is 127. The van der Waals surface area contributed by atoms with Crippen molar-refractivity contribution in [2.24, 2.45) is 10.7 Å². The molecule has 5 nitrogen and oxygen atoms in total. The fourth-order valence-electron chi connectivity index (χ4n) is 2.31. The van der Waals surface area contributed by atoms with Crippen LogP contribution in [0.15, 0.2) is 23.2 Å². The van der Waals surface area contributed by atoms with Crippen LogP contribution in [0.5, 0.6) is 11.5 Å². The zero-order chi connectivity index (χ0) is 15.9.